The fraction of sp³-hybridized carbons (Fsp3) is 0.391. The maximum Gasteiger partial charge on any atom is 0.251 e. The highest BCUT2D eigenvalue weighted by Gasteiger charge is 2.21. The van der Waals surface area contributed by atoms with Crippen LogP contribution in [0.2, 0.25) is 0 Å². The van der Waals surface area contributed by atoms with Gasteiger partial charge in [-0.1, -0.05) is 18.2 Å². The van der Waals surface area contributed by atoms with E-state index in [9.17, 15) is 4.79 Å². The van der Waals surface area contributed by atoms with E-state index in [0.29, 0.717) is 18.7 Å². The van der Waals surface area contributed by atoms with Crippen molar-refractivity contribution in [3.05, 3.63) is 59.2 Å². The van der Waals surface area contributed by atoms with Crippen LogP contribution in [0.25, 0.3) is 0 Å². The van der Waals surface area contributed by atoms with Gasteiger partial charge in [-0.05, 0) is 48.7 Å². The van der Waals surface area contributed by atoms with Crippen LogP contribution in [0.3, 0.4) is 0 Å². The van der Waals surface area contributed by atoms with Gasteiger partial charge in [0.2, 0.25) is 0 Å². The Labute approximate surface area is 201 Å². The van der Waals surface area contributed by atoms with Crippen LogP contribution in [0.15, 0.2) is 47.5 Å². The molecule has 1 amide bonds. The Balaban J connectivity index is 0.00000341. The molecule has 0 fully saturated rings. The van der Waals surface area contributed by atoms with Crippen LogP contribution in [0.5, 0.6) is 11.5 Å². The van der Waals surface area contributed by atoms with E-state index in [4.69, 9.17) is 14.5 Å². The van der Waals surface area contributed by atoms with Crippen LogP contribution < -0.4 is 20.1 Å². The van der Waals surface area contributed by atoms with E-state index in [1.54, 1.807) is 26.4 Å². The lowest BCUT2D eigenvalue weighted by Gasteiger charge is -2.32. The number of benzene rings is 2. The number of guanidine groups is 1. The number of halogens is 1. The van der Waals surface area contributed by atoms with Crippen molar-refractivity contribution in [3.8, 4) is 11.5 Å². The third-order valence-electron chi connectivity index (χ3n) is 5.05. The molecule has 2 N–H and O–H groups in total. The maximum atomic E-state index is 12.2. The van der Waals surface area contributed by atoms with E-state index < -0.39 is 0 Å². The number of carbonyl (C=O) groups excluding carboxylic acids is 1. The summed E-state index contributed by atoms with van der Waals surface area (Å²) >= 11 is 0. The number of carbonyl (C=O) groups is 1. The first-order valence-electron chi connectivity index (χ1n) is 10.3. The average Bonchev–Trinajstić information content (AvgIpc) is 2.80. The number of ether oxygens (including phenoxy) is 2. The molecule has 0 bridgehead atoms. The highest BCUT2D eigenvalue weighted by molar-refractivity contribution is 14.0. The molecule has 0 atom stereocenters. The van der Waals surface area contributed by atoms with Gasteiger partial charge in [0, 0.05) is 31.7 Å². The van der Waals surface area contributed by atoms with Crippen LogP contribution in [-0.4, -0.2) is 57.2 Å². The van der Waals surface area contributed by atoms with E-state index in [1.165, 1.54) is 11.1 Å². The van der Waals surface area contributed by atoms with Crippen molar-refractivity contribution in [2.75, 3.05) is 40.4 Å². The molecule has 168 valence electrons. The monoisotopic (exact) mass is 538 g/mol. The summed E-state index contributed by atoms with van der Waals surface area (Å²) in [4.78, 5) is 19.1. The molecule has 7 nitrogen and oxygen atoms in total. The third-order valence-corrected chi connectivity index (χ3v) is 5.05. The SMILES string of the molecule is CCNC(=NCCNC(=O)c1ccccc1)N1CCc2cc(OC)c(OC)cc2C1.I. The second-order valence-electron chi connectivity index (χ2n) is 7.01. The van der Waals surface area contributed by atoms with E-state index in [1.807, 2.05) is 24.3 Å². The van der Waals surface area contributed by atoms with Gasteiger partial charge < -0.3 is 25.0 Å². The minimum atomic E-state index is -0.0799. The summed E-state index contributed by atoms with van der Waals surface area (Å²) in [6.45, 7) is 5.44. The zero-order chi connectivity index (χ0) is 21.3. The fourth-order valence-electron chi connectivity index (χ4n) is 3.51. The highest BCUT2D eigenvalue weighted by Crippen LogP contribution is 2.33. The predicted octanol–water partition coefficient (Wildman–Crippen LogP) is 3.08. The Kier molecular flexibility index (Phi) is 9.90. The summed E-state index contributed by atoms with van der Waals surface area (Å²) in [7, 11) is 3.31. The van der Waals surface area contributed by atoms with E-state index >= 15 is 0 Å². The Bertz CT molecular complexity index is 890. The molecule has 0 saturated heterocycles. The van der Waals surface area contributed by atoms with Crippen molar-refractivity contribution >= 4 is 35.8 Å². The van der Waals surface area contributed by atoms with Gasteiger partial charge in [-0.2, -0.15) is 0 Å². The van der Waals surface area contributed by atoms with Crippen molar-refractivity contribution in [2.45, 2.75) is 19.9 Å². The Morgan fingerprint density at radius 2 is 1.74 bits per heavy atom. The molecule has 3 rings (SSSR count). The molecule has 0 spiro atoms. The van der Waals surface area contributed by atoms with Crippen LogP contribution in [0.1, 0.15) is 28.4 Å². The first-order valence-corrected chi connectivity index (χ1v) is 10.3. The molecule has 0 radical (unpaired) electrons. The average molecular weight is 538 g/mol. The van der Waals surface area contributed by atoms with Gasteiger partial charge in [0.15, 0.2) is 17.5 Å². The van der Waals surface area contributed by atoms with Crippen molar-refractivity contribution in [2.24, 2.45) is 4.99 Å². The molecule has 0 aromatic heterocycles. The number of hydrogen-bond acceptors (Lipinski definition) is 4. The topological polar surface area (TPSA) is 75.2 Å². The van der Waals surface area contributed by atoms with Crippen molar-refractivity contribution in [1.82, 2.24) is 15.5 Å². The fourth-order valence-corrected chi connectivity index (χ4v) is 3.51. The molecule has 0 unspecified atom stereocenters. The smallest absolute Gasteiger partial charge is 0.251 e. The summed E-state index contributed by atoms with van der Waals surface area (Å²) in [6, 6.07) is 13.3. The van der Waals surface area contributed by atoms with Gasteiger partial charge >= 0.3 is 0 Å². The molecule has 0 saturated carbocycles. The molecule has 8 heteroatoms. The molecule has 1 aliphatic heterocycles. The second kappa shape index (κ2) is 12.4. The molecule has 0 aliphatic carbocycles. The van der Waals surface area contributed by atoms with Crippen LogP contribution in [0, 0.1) is 0 Å². The minimum absolute atomic E-state index is 0. The summed E-state index contributed by atoms with van der Waals surface area (Å²) < 4.78 is 10.9. The number of fused-ring (bicyclic) bond motifs is 1. The molecule has 1 aliphatic rings. The molecule has 2 aromatic carbocycles. The first-order chi connectivity index (χ1) is 14.7. The van der Waals surface area contributed by atoms with Crippen molar-refractivity contribution in [3.63, 3.8) is 0 Å². The van der Waals surface area contributed by atoms with E-state index in [0.717, 1.165) is 43.5 Å². The van der Waals surface area contributed by atoms with Crippen LogP contribution in [0.4, 0.5) is 0 Å². The summed E-state index contributed by atoms with van der Waals surface area (Å²) in [5.74, 6) is 2.28. The number of hydrogen-bond donors (Lipinski definition) is 2. The normalized spacial score (nSPS) is 13.0. The lowest BCUT2D eigenvalue weighted by atomic mass is 9.99. The Morgan fingerprint density at radius 1 is 1.06 bits per heavy atom. The number of rotatable bonds is 7. The Morgan fingerprint density at radius 3 is 2.39 bits per heavy atom. The van der Waals surface area contributed by atoms with Crippen molar-refractivity contribution in [1.29, 1.82) is 0 Å². The lowest BCUT2D eigenvalue weighted by molar-refractivity contribution is 0.0954. The first kappa shape index (κ1) is 24.8. The van der Waals surface area contributed by atoms with Gasteiger partial charge in [0.05, 0.1) is 20.8 Å². The van der Waals surface area contributed by atoms with Gasteiger partial charge in [0.1, 0.15) is 0 Å². The lowest BCUT2D eigenvalue weighted by Crippen LogP contribution is -2.44. The molecular weight excluding hydrogens is 507 g/mol. The number of nitrogens with one attached hydrogen (secondary N) is 2. The van der Waals surface area contributed by atoms with E-state index in [2.05, 4.69) is 28.5 Å². The van der Waals surface area contributed by atoms with Gasteiger partial charge in [-0.25, -0.2) is 0 Å². The summed E-state index contributed by atoms with van der Waals surface area (Å²) in [5.41, 5.74) is 3.14. The summed E-state index contributed by atoms with van der Waals surface area (Å²) in [6.07, 6.45) is 0.908. The third kappa shape index (κ3) is 6.49. The van der Waals surface area contributed by atoms with Crippen molar-refractivity contribution < 1.29 is 14.3 Å². The number of amides is 1. The van der Waals surface area contributed by atoms with E-state index in [-0.39, 0.29) is 29.9 Å². The van der Waals surface area contributed by atoms with Gasteiger partial charge in [-0.15, -0.1) is 24.0 Å². The maximum absolute atomic E-state index is 12.2. The highest BCUT2D eigenvalue weighted by atomic mass is 127. The molecule has 1 heterocycles. The molecule has 31 heavy (non-hydrogen) atoms. The van der Waals surface area contributed by atoms with Crippen LogP contribution >= 0.6 is 24.0 Å². The standard InChI is InChI=1S/C23H30N4O3.HI/c1-4-24-23(26-12-11-25-22(28)17-8-6-5-7-9-17)27-13-10-18-14-20(29-2)21(30-3)15-19(18)16-27;/h5-9,14-15H,4,10-13,16H2,1-3H3,(H,24,26)(H,25,28);1H. The number of nitrogens with zero attached hydrogens (tertiary/aromatic N) is 2. The number of aliphatic imine (C=N–C) groups is 1. The zero-order valence-corrected chi connectivity index (χ0v) is 20.6. The quantitative estimate of drug-likeness (QED) is 0.246. The molecular formula is C23H31IN4O3. The van der Waals surface area contributed by atoms with Gasteiger partial charge in [-0.3, -0.25) is 9.79 Å². The minimum Gasteiger partial charge on any atom is -0.493 e. The summed E-state index contributed by atoms with van der Waals surface area (Å²) in [5, 5.41) is 6.28. The zero-order valence-electron chi connectivity index (χ0n) is 18.3. The Hall–Kier alpha value is -2.49. The van der Waals surface area contributed by atoms with Gasteiger partial charge in [0.25, 0.3) is 5.91 Å². The number of methoxy groups -OCH3 is 2. The predicted molar refractivity (Wildman–Crippen MR) is 134 cm³/mol. The molecule has 2 aromatic rings. The largest absolute Gasteiger partial charge is 0.493 e. The van der Waals surface area contributed by atoms with Crippen LogP contribution in [-0.2, 0) is 13.0 Å². The second-order valence-corrected chi connectivity index (χ2v) is 7.01.